The second-order valence-corrected chi connectivity index (χ2v) is 4.99. The number of anilines is 1. The highest BCUT2D eigenvalue weighted by molar-refractivity contribution is 7.22. The van der Waals surface area contributed by atoms with Gasteiger partial charge in [-0.15, -0.1) is 0 Å². The Morgan fingerprint density at radius 1 is 1.50 bits per heavy atom. The summed E-state index contributed by atoms with van der Waals surface area (Å²) in [5, 5.41) is 3.75. The standard InChI is InChI=1S/C12H10N4OS/c1-13-8-2-3-9-10(6-8)18-12(15-9)16-5-4-14-7-11(16)17/h2-3,6,14H,4-5,7H2. The van der Waals surface area contributed by atoms with Gasteiger partial charge in [0, 0.05) is 17.8 Å². The maximum atomic E-state index is 11.8. The van der Waals surface area contributed by atoms with Crippen LogP contribution in [0.2, 0.25) is 0 Å². The largest absolute Gasteiger partial charge is 0.307 e. The van der Waals surface area contributed by atoms with Crippen LogP contribution >= 0.6 is 11.3 Å². The summed E-state index contributed by atoms with van der Waals surface area (Å²) < 4.78 is 0.949. The molecule has 2 aromatic rings. The summed E-state index contributed by atoms with van der Waals surface area (Å²) in [4.78, 5) is 21.3. The average molecular weight is 258 g/mol. The Morgan fingerprint density at radius 2 is 2.39 bits per heavy atom. The number of thiazole rings is 1. The van der Waals surface area contributed by atoms with Gasteiger partial charge in [-0.3, -0.25) is 9.69 Å². The highest BCUT2D eigenvalue weighted by atomic mass is 32.1. The van der Waals surface area contributed by atoms with Gasteiger partial charge < -0.3 is 5.32 Å². The molecule has 0 unspecified atom stereocenters. The zero-order valence-electron chi connectivity index (χ0n) is 9.51. The van der Waals surface area contributed by atoms with Crippen molar-refractivity contribution in [3.63, 3.8) is 0 Å². The average Bonchev–Trinajstić information content (AvgIpc) is 2.81. The molecule has 1 saturated heterocycles. The molecular weight excluding hydrogens is 248 g/mol. The first-order chi connectivity index (χ1) is 8.78. The number of nitrogens with zero attached hydrogens (tertiary/aromatic N) is 3. The van der Waals surface area contributed by atoms with Crippen LogP contribution in [0.4, 0.5) is 10.8 Å². The van der Waals surface area contributed by atoms with Crippen molar-refractivity contribution in [1.82, 2.24) is 10.3 Å². The van der Waals surface area contributed by atoms with Crippen LogP contribution in [-0.2, 0) is 4.79 Å². The third-order valence-corrected chi connectivity index (χ3v) is 3.85. The SMILES string of the molecule is [C-]#[N+]c1ccc2nc(N3CCNCC3=O)sc2c1. The highest BCUT2D eigenvalue weighted by Gasteiger charge is 2.22. The number of hydrogen-bond donors (Lipinski definition) is 1. The zero-order valence-corrected chi connectivity index (χ0v) is 10.3. The number of hydrogen-bond acceptors (Lipinski definition) is 4. The number of fused-ring (bicyclic) bond motifs is 1. The van der Waals surface area contributed by atoms with Crippen molar-refractivity contribution in [1.29, 1.82) is 0 Å². The molecule has 0 saturated carbocycles. The smallest absolute Gasteiger partial charge is 0.242 e. The molecule has 2 heterocycles. The van der Waals surface area contributed by atoms with E-state index in [-0.39, 0.29) is 5.91 Å². The normalized spacial score (nSPS) is 15.9. The molecule has 90 valence electrons. The first-order valence-corrected chi connectivity index (χ1v) is 6.39. The predicted molar refractivity (Wildman–Crippen MR) is 71.1 cm³/mol. The van der Waals surface area contributed by atoms with Crippen LogP contribution in [0, 0.1) is 6.57 Å². The molecule has 1 amide bonds. The van der Waals surface area contributed by atoms with Gasteiger partial charge in [0.1, 0.15) is 0 Å². The quantitative estimate of drug-likeness (QED) is 0.793. The number of piperazine rings is 1. The van der Waals surface area contributed by atoms with E-state index in [0.29, 0.717) is 18.8 Å². The molecule has 5 nitrogen and oxygen atoms in total. The Labute approximate surface area is 108 Å². The van der Waals surface area contributed by atoms with E-state index in [9.17, 15) is 4.79 Å². The third kappa shape index (κ3) is 1.83. The van der Waals surface area contributed by atoms with Crippen molar-refractivity contribution in [2.45, 2.75) is 0 Å². The molecule has 0 spiro atoms. The van der Waals surface area contributed by atoms with Gasteiger partial charge in [0.25, 0.3) is 0 Å². The van der Waals surface area contributed by atoms with Gasteiger partial charge in [0.2, 0.25) is 5.91 Å². The van der Waals surface area contributed by atoms with E-state index >= 15 is 0 Å². The second-order valence-electron chi connectivity index (χ2n) is 3.98. The van der Waals surface area contributed by atoms with Crippen LogP contribution in [0.3, 0.4) is 0 Å². The van der Waals surface area contributed by atoms with Crippen LogP contribution in [0.1, 0.15) is 0 Å². The molecule has 0 bridgehead atoms. The van der Waals surface area contributed by atoms with Crippen LogP contribution in [0.25, 0.3) is 15.1 Å². The van der Waals surface area contributed by atoms with E-state index in [2.05, 4.69) is 15.1 Å². The number of nitrogens with one attached hydrogen (secondary N) is 1. The Hall–Kier alpha value is -1.97. The molecule has 18 heavy (non-hydrogen) atoms. The minimum Gasteiger partial charge on any atom is -0.307 e. The molecule has 1 aromatic carbocycles. The number of carbonyl (C=O) groups is 1. The van der Waals surface area contributed by atoms with E-state index in [0.717, 1.165) is 21.9 Å². The fraction of sp³-hybridized carbons (Fsp3) is 0.250. The molecule has 1 fully saturated rings. The van der Waals surface area contributed by atoms with Crippen LogP contribution in [0.5, 0.6) is 0 Å². The van der Waals surface area contributed by atoms with E-state index in [1.54, 1.807) is 11.0 Å². The Bertz CT molecular complexity index is 658. The van der Waals surface area contributed by atoms with Gasteiger partial charge in [0.05, 0.1) is 18.6 Å². The van der Waals surface area contributed by atoms with Gasteiger partial charge in [-0.25, -0.2) is 9.83 Å². The zero-order chi connectivity index (χ0) is 12.5. The number of carbonyl (C=O) groups excluding carboxylic acids is 1. The molecule has 0 aliphatic carbocycles. The van der Waals surface area contributed by atoms with E-state index in [4.69, 9.17) is 6.57 Å². The van der Waals surface area contributed by atoms with Crippen molar-refractivity contribution in [3.8, 4) is 0 Å². The molecule has 0 atom stereocenters. The Kier molecular flexibility index (Phi) is 2.70. The topological polar surface area (TPSA) is 49.6 Å². The third-order valence-electron chi connectivity index (χ3n) is 2.81. The van der Waals surface area contributed by atoms with E-state index < -0.39 is 0 Å². The number of amides is 1. The lowest BCUT2D eigenvalue weighted by atomic mass is 10.3. The molecular formula is C12H10N4OS. The molecule has 3 rings (SSSR count). The Morgan fingerprint density at radius 3 is 3.17 bits per heavy atom. The lowest BCUT2D eigenvalue weighted by Gasteiger charge is -2.24. The molecule has 6 heteroatoms. The van der Waals surface area contributed by atoms with Gasteiger partial charge in [0.15, 0.2) is 10.8 Å². The summed E-state index contributed by atoms with van der Waals surface area (Å²) in [7, 11) is 0. The molecule has 1 aromatic heterocycles. The second kappa shape index (κ2) is 4.37. The first-order valence-electron chi connectivity index (χ1n) is 5.57. The number of aromatic nitrogens is 1. The fourth-order valence-corrected chi connectivity index (χ4v) is 2.94. The van der Waals surface area contributed by atoms with Crippen LogP contribution in [-0.4, -0.2) is 30.5 Å². The van der Waals surface area contributed by atoms with Crippen molar-refractivity contribution >= 4 is 38.3 Å². The fourth-order valence-electron chi connectivity index (χ4n) is 1.89. The van der Waals surface area contributed by atoms with E-state index in [1.807, 2.05) is 12.1 Å². The van der Waals surface area contributed by atoms with Crippen molar-refractivity contribution in [3.05, 3.63) is 29.6 Å². The lowest BCUT2D eigenvalue weighted by molar-refractivity contribution is -0.118. The maximum Gasteiger partial charge on any atom is 0.242 e. The Balaban J connectivity index is 2.02. The van der Waals surface area contributed by atoms with Gasteiger partial charge >= 0.3 is 0 Å². The monoisotopic (exact) mass is 258 g/mol. The summed E-state index contributed by atoms with van der Waals surface area (Å²) in [6.45, 7) is 8.79. The summed E-state index contributed by atoms with van der Waals surface area (Å²) in [5.74, 6) is 0.0470. The summed E-state index contributed by atoms with van der Waals surface area (Å²) in [6.07, 6.45) is 0. The van der Waals surface area contributed by atoms with Crippen molar-refractivity contribution < 1.29 is 4.79 Å². The van der Waals surface area contributed by atoms with Gasteiger partial charge in [-0.05, 0) is 12.1 Å². The van der Waals surface area contributed by atoms with Gasteiger partial charge in [-0.1, -0.05) is 17.4 Å². The van der Waals surface area contributed by atoms with Crippen LogP contribution in [0.15, 0.2) is 18.2 Å². The van der Waals surface area contributed by atoms with Crippen molar-refractivity contribution in [2.75, 3.05) is 24.5 Å². The minimum atomic E-state index is 0.0470. The summed E-state index contributed by atoms with van der Waals surface area (Å²) in [6, 6.07) is 5.39. The molecule has 0 radical (unpaired) electrons. The van der Waals surface area contributed by atoms with Crippen LogP contribution < -0.4 is 10.2 Å². The molecule has 1 aliphatic heterocycles. The van der Waals surface area contributed by atoms with Gasteiger partial charge in [-0.2, -0.15) is 0 Å². The predicted octanol–water partition coefficient (Wildman–Crippen LogP) is 1.78. The number of benzene rings is 1. The van der Waals surface area contributed by atoms with E-state index in [1.165, 1.54) is 11.3 Å². The summed E-state index contributed by atoms with van der Waals surface area (Å²) >= 11 is 1.46. The molecule has 1 aliphatic rings. The highest BCUT2D eigenvalue weighted by Crippen LogP contribution is 2.31. The molecule has 1 N–H and O–H groups in total. The first kappa shape index (κ1) is 11.1. The summed E-state index contributed by atoms with van der Waals surface area (Å²) in [5.41, 5.74) is 1.44. The van der Waals surface area contributed by atoms with Crippen molar-refractivity contribution in [2.24, 2.45) is 0 Å². The number of rotatable bonds is 1. The maximum absolute atomic E-state index is 11.8. The minimum absolute atomic E-state index is 0.0470. The lowest BCUT2D eigenvalue weighted by Crippen LogP contribution is -2.48.